The van der Waals surface area contributed by atoms with E-state index >= 15 is 0 Å². The highest BCUT2D eigenvalue weighted by atomic mass is 32.2. The molecule has 1 unspecified atom stereocenters. The Balaban J connectivity index is 2.60. The predicted octanol–water partition coefficient (Wildman–Crippen LogP) is 2.38. The molecule has 0 bridgehead atoms. The lowest BCUT2D eigenvalue weighted by molar-refractivity contribution is 0.218. The largest absolute Gasteiger partial charge is 0.496 e. The van der Waals surface area contributed by atoms with E-state index in [4.69, 9.17) is 15.2 Å². The molecule has 1 rings (SSSR count). The fourth-order valence-electron chi connectivity index (χ4n) is 1.59. The number of benzene rings is 1. The van der Waals surface area contributed by atoms with E-state index in [-0.39, 0.29) is 6.04 Å². The number of hydrogen-bond acceptors (Lipinski definition) is 4. The van der Waals surface area contributed by atoms with Crippen molar-refractivity contribution in [1.29, 1.82) is 0 Å². The molecule has 96 valence electrons. The van der Waals surface area contributed by atoms with E-state index in [1.54, 1.807) is 26.0 Å². The van der Waals surface area contributed by atoms with Crippen LogP contribution in [0, 0.1) is 6.92 Å². The molecule has 1 aromatic carbocycles. The summed E-state index contributed by atoms with van der Waals surface area (Å²) in [6.45, 7) is 2.83. The molecule has 3 nitrogen and oxygen atoms in total. The third-order valence-electron chi connectivity index (χ3n) is 2.51. The van der Waals surface area contributed by atoms with Gasteiger partial charge >= 0.3 is 0 Å². The minimum absolute atomic E-state index is 0.00621. The number of aryl methyl sites for hydroxylation is 1. The molecule has 0 aromatic heterocycles. The van der Waals surface area contributed by atoms with Crippen LogP contribution in [-0.2, 0) is 4.74 Å². The lowest BCUT2D eigenvalue weighted by Crippen LogP contribution is -2.15. The fraction of sp³-hybridized carbons (Fsp3) is 0.538. The Hall–Kier alpha value is -0.710. The van der Waals surface area contributed by atoms with Crippen LogP contribution in [0.4, 0.5) is 0 Å². The van der Waals surface area contributed by atoms with Gasteiger partial charge in [-0.3, -0.25) is 0 Å². The van der Waals surface area contributed by atoms with Crippen molar-refractivity contribution in [2.45, 2.75) is 13.0 Å². The van der Waals surface area contributed by atoms with E-state index in [9.17, 15) is 0 Å². The molecule has 0 aliphatic carbocycles. The van der Waals surface area contributed by atoms with Crippen LogP contribution in [0.15, 0.2) is 18.2 Å². The SMILES string of the molecule is COCCSCC(N)c1cc(C)ccc1OC. The van der Waals surface area contributed by atoms with E-state index in [2.05, 4.69) is 13.0 Å². The number of nitrogens with two attached hydrogens (primary N) is 1. The number of hydrogen-bond donors (Lipinski definition) is 1. The van der Waals surface area contributed by atoms with Crippen molar-refractivity contribution >= 4 is 11.8 Å². The normalized spacial score (nSPS) is 12.5. The molecule has 4 heteroatoms. The van der Waals surface area contributed by atoms with Crippen molar-refractivity contribution in [1.82, 2.24) is 0 Å². The van der Waals surface area contributed by atoms with Gasteiger partial charge in [0.2, 0.25) is 0 Å². The molecule has 0 heterocycles. The van der Waals surface area contributed by atoms with Crippen molar-refractivity contribution in [3.05, 3.63) is 29.3 Å². The third kappa shape index (κ3) is 4.58. The molecule has 0 saturated heterocycles. The molecule has 0 fully saturated rings. The van der Waals surface area contributed by atoms with Crippen LogP contribution < -0.4 is 10.5 Å². The first-order chi connectivity index (χ1) is 8.19. The van der Waals surface area contributed by atoms with Gasteiger partial charge in [-0.2, -0.15) is 11.8 Å². The molecule has 1 atom stereocenters. The maximum Gasteiger partial charge on any atom is 0.123 e. The van der Waals surface area contributed by atoms with Crippen LogP contribution in [-0.4, -0.2) is 32.3 Å². The highest BCUT2D eigenvalue weighted by Crippen LogP contribution is 2.26. The molecule has 0 amide bonds. The molecule has 1 aromatic rings. The summed E-state index contributed by atoms with van der Waals surface area (Å²) in [5.74, 6) is 2.72. The smallest absolute Gasteiger partial charge is 0.123 e. The first-order valence-electron chi connectivity index (χ1n) is 5.65. The summed E-state index contributed by atoms with van der Waals surface area (Å²) >= 11 is 1.80. The molecule has 0 aliphatic rings. The zero-order valence-corrected chi connectivity index (χ0v) is 11.5. The number of thioether (sulfide) groups is 1. The molecule has 2 N–H and O–H groups in total. The van der Waals surface area contributed by atoms with Crippen LogP contribution in [0.1, 0.15) is 17.2 Å². The Morgan fingerprint density at radius 1 is 1.35 bits per heavy atom. The zero-order chi connectivity index (χ0) is 12.7. The Morgan fingerprint density at radius 3 is 2.76 bits per heavy atom. The minimum Gasteiger partial charge on any atom is -0.496 e. The van der Waals surface area contributed by atoms with Crippen LogP contribution in [0.25, 0.3) is 0 Å². The molecular weight excluding hydrogens is 234 g/mol. The predicted molar refractivity (Wildman–Crippen MR) is 73.9 cm³/mol. The second-order valence-corrected chi connectivity index (χ2v) is 5.07. The summed E-state index contributed by atoms with van der Waals surface area (Å²) in [5, 5.41) is 0. The quantitative estimate of drug-likeness (QED) is 0.760. The Labute approximate surface area is 108 Å². The monoisotopic (exact) mass is 255 g/mol. The van der Waals surface area contributed by atoms with Crippen molar-refractivity contribution in [3.8, 4) is 5.75 Å². The van der Waals surface area contributed by atoms with Gasteiger partial charge < -0.3 is 15.2 Å². The summed E-state index contributed by atoms with van der Waals surface area (Å²) in [6.07, 6.45) is 0. The highest BCUT2D eigenvalue weighted by Gasteiger charge is 2.11. The average Bonchev–Trinajstić information content (AvgIpc) is 2.34. The van der Waals surface area contributed by atoms with Gasteiger partial charge in [-0.15, -0.1) is 0 Å². The standard InChI is InChI=1S/C13H21NO2S/c1-10-4-5-13(16-3)11(8-10)12(14)9-17-7-6-15-2/h4-5,8,12H,6-7,9,14H2,1-3H3. The van der Waals surface area contributed by atoms with Crippen LogP contribution in [0.2, 0.25) is 0 Å². The van der Waals surface area contributed by atoms with E-state index in [1.165, 1.54) is 5.56 Å². The number of methoxy groups -OCH3 is 2. The van der Waals surface area contributed by atoms with Crippen molar-refractivity contribution < 1.29 is 9.47 Å². The number of ether oxygens (including phenoxy) is 2. The molecule has 17 heavy (non-hydrogen) atoms. The van der Waals surface area contributed by atoms with Gasteiger partial charge in [0.25, 0.3) is 0 Å². The molecule has 0 spiro atoms. The topological polar surface area (TPSA) is 44.5 Å². The van der Waals surface area contributed by atoms with Crippen LogP contribution in [0.5, 0.6) is 5.75 Å². The van der Waals surface area contributed by atoms with Gasteiger partial charge in [0, 0.05) is 30.2 Å². The van der Waals surface area contributed by atoms with Gasteiger partial charge in [0.15, 0.2) is 0 Å². The first kappa shape index (κ1) is 14.4. The highest BCUT2D eigenvalue weighted by molar-refractivity contribution is 7.99. The Morgan fingerprint density at radius 2 is 2.12 bits per heavy atom. The van der Waals surface area contributed by atoms with Gasteiger partial charge in [0.1, 0.15) is 5.75 Å². The van der Waals surface area contributed by atoms with Crippen molar-refractivity contribution in [2.75, 3.05) is 32.3 Å². The van der Waals surface area contributed by atoms with Gasteiger partial charge in [0.05, 0.1) is 13.7 Å². The summed E-state index contributed by atoms with van der Waals surface area (Å²) < 4.78 is 10.3. The molecular formula is C13H21NO2S. The van der Waals surface area contributed by atoms with Gasteiger partial charge in [-0.05, 0) is 13.0 Å². The second-order valence-electron chi connectivity index (χ2n) is 3.92. The molecule has 0 aliphatic heterocycles. The van der Waals surface area contributed by atoms with Gasteiger partial charge in [-0.25, -0.2) is 0 Å². The van der Waals surface area contributed by atoms with E-state index in [0.717, 1.165) is 29.4 Å². The zero-order valence-electron chi connectivity index (χ0n) is 10.7. The van der Waals surface area contributed by atoms with E-state index in [0.29, 0.717) is 0 Å². The van der Waals surface area contributed by atoms with Crippen molar-refractivity contribution in [2.24, 2.45) is 5.73 Å². The number of rotatable bonds is 7. The lowest BCUT2D eigenvalue weighted by atomic mass is 10.1. The summed E-state index contributed by atoms with van der Waals surface area (Å²) in [4.78, 5) is 0. The van der Waals surface area contributed by atoms with Crippen LogP contribution in [0.3, 0.4) is 0 Å². The maximum absolute atomic E-state index is 6.18. The molecule has 0 saturated carbocycles. The second kappa shape index (κ2) is 7.58. The first-order valence-corrected chi connectivity index (χ1v) is 6.81. The Kier molecular flexibility index (Phi) is 6.40. The van der Waals surface area contributed by atoms with E-state index < -0.39 is 0 Å². The molecule has 0 radical (unpaired) electrons. The summed E-state index contributed by atoms with van der Waals surface area (Å²) in [5.41, 5.74) is 8.47. The van der Waals surface area contributed by atoms with Crippen LogP contribution >= 0.6 is 11.8 Å². The minimum atomic E-state index is 0.00621. The fourth-order valence-corrected chi connectivity index (χ4v) is 2.47. The van der Waals surface area contributed by atoms with Gasteiger partial charge in [-0.1, -0.05) is 17.7 Å². The maximum atomic E-state index is 6.18. The third-order valence-corrected chi connectivity index (χ3v) is 3.56. The Bertz CT molecular complexity index is 344. The summed E-state index contributed by atoms with van der Waals surface area (Å²) in [7, 11) is 3.39. The van der Waals surface area contributed by atoms with Crippen molar-refractivity contribution in [3.63, 3.8) is 0 Å². The average molecular weight is 255 g/mol. The van der Waals surface area contributed by atoms with E-state index in [1.807, 2.05) is 12.1 Å². The lowest BCUT2D eigenvalue weighted by Gasteiger charge is -2.16. The summed E-state index contributed by atoms with van der Waals surface area (Å²) in [6, 6.07) is 6.12.